The molecule has 4 heteroatoms. The summed E-state index contributed by atoms with van der Waals surface area (Å²) in [4.78, 5) is 12.2. The molecule has 0 saturated carbocycles. The smallest absolute Gasteiger partial charge is 0.220 e. The Hall–Kier alpha value is -0.610. The van der Waals surface area contributed by atoms with Gasteiger partial charge in [-0.3, -0.25) is 4.79 Å². The zero-order chi connectivity index (χ0) is 28.5. The fraction of sp³-hybridized carbons (Fsp3) is 0.971. The first kappa shape index (κ1) is 38.4. The molecule has 2 N–H and O–H groups in total. The van der Waals surface area contributed by atoms with Crippen LogP contribution < -0.4 is 5.32 Å². The number of amides is 1. The predicted molar refractivity (Wildman–Crippen MR) is 170 cm³/mol. The van der Waals surface area contributed by atoms with Gasteiger partial charge in [-0.05, 0) is 12.8 Å². The summed E-state index contributed by atoms with van der Waals surface area (Å²) in [6.45, 7) is 5.64. The third-order valence-electron chi connectivity index (χ3n) is 8.05. The minimum atomic E-state index is -0.272. The van der Waals surface area contributed by atoms with Crippen molar-refractivity contribution in [2.75, 3.05) is 19.8 Å². The zero-order valence-corrected chi connectivity index (χ0v) is 26.8. The van der Waals surface area contributed by atoms with Gasteiger partial charge < -0.3 is 15.2 Å². The largest absolute Gasteiger partial charge is 0.394 e. The van der Waals surface area contributed by atoms with Gasteiger partial charge in [0.15, 0.2) is 0 Å². The Morgan fingerprint density at radius 3 is 1.23 bits per heavy atom. The van der Waals surface area contributed by atoms with Crippen LogP contribution in [0.2, 0.25) is 0 Å². The van der Waals surface area contributed by atoms with Gasteiger partial charge in [0.2, 0.25) is 5.91 Å². The molecular formula is C35H71NO3. The van der Waals surface area contributed by atoms with Gasteiger partial charge in [0, 0.05) is 13.0 Å². The topological polar surface area (TPSA) is 58.6 Å². The summed E-state index contributed by atoms with van der Waals surface area (Å²) in [5.74, 6) is 0.0530. The number of hydrogen-bond acceptors (Lipinski definition) is 3. The van der Waals surface area contributed by atoms with Crippen molar-refractivity contribution in [2.24, 2.45) is 0 Å². The molecule has 0 saturated heterocycles. The molecule has 0 aromatic heterocycles. The van der Waals surface area contributed by atoms with Gasteiger partial charge in [0.05, 0.1) is 19.3 Å². The lowest BCUT2D eigenvalue weighted by Crippen LogP contribution is -2.40. The summed E-state index contributed by atoms with van der Waals surface area (Å²) in [6.07, 6.45) is 36.6. The van der Waals surface area contributed by atoms with Crippen LogP contribution in [0.1, 0.15) is 194 Å². The van der Waals surface area contributed by atoms with Crippen molar-refractivity contribution < 1.29 is 14.6 Å². The van der Waals surface area contributed by atoms with Crippen LogP contribution in [0.15, 0.2) is 0 Å². The maximum absolute atomic E-state index is 12.2. The van der Waals surface area contributed by atoms with Crippen LogP contribution in [-0.2, 0) is 9.53 Å². The second kappa shape index (κ2) is 33.6. The van der Waals surface area contributed by atoms with E-state index in [1.165, 1.54) is 154 Å². The number of nitrogens with one attached hydrogen (secondary N) is 1. The van der Waals surface area contributed by atoms with E-state index in [0.717, 1.165) is 25.9 Å². The molecule has 0 aliphatic carbocycles. The van der Waals surface area contributed by atoms with Crippen LogP contribution in [0.5, 0.6) is 0 Å². The van der Waals surface area contributed by atoms with Crippen molar-refractivity contribution in [3.63, 3.8) is 0 Å². The summed E-state index contributed by atoms with van der Waals surface area (Å²) >= 11 is 0. The van der Waals surface area contributed by atoms with E-state index in [1.807, 2.05) is 0 Å². The minimum absolute atomic E-state index is 0.0525. The number of hydrogen-bond donors (Lipinski definition) is 2. The highest BCUT2D eigenvalue weighted by Gasteiger charge is 2.11. The first-order valence-corrected chi connectivity index (χ1v) is 17.7. The van der Waals surface area contributed by atoms with Crippen molar-refractivity contribution in [2.45, 2.75) is 200 Å². The van der Waals surface area contributed by atoms with Crippen molar-refractivity contribution in [3.05, 3.63) is 0 Å². The number of carbonyl (C=O) groups excluding carboxylic acids is 1. The molecule has 1 amide bonds. The van der Waals surface area contributed by atoms with Crippen molar-refractivity contribution >= 4 is 5.91 Å². The highest BCUT2D eigenvalue weighted by molar-refractivity contribution is 5.76. The third kappa shape index (κ3) is 31.8. The fourth-order valence-electron chi connectivity index (χ4n) is 5.37. The average molecular weight is 554 g/mol. The normalized spacial score (nSPS) is 12.2. The predicted octanol–water partition coefficient (Wildman–Crippen LogP) is 10.4. The number of unbranched alkanes of at least 4 members (excludes halogenated alkanes) is 25. The molecule has 234 valence electrons. The van der Waals surface area contributed by atoms with Gasteiger partial charge >= 0.3 is 0 Å². The molecule has 0 aliphatic rings. The monoisotopic (exact) mass is 554 g/mol. The molecule has 1 atom stereocenters. The van der Waals surface area contributed by atoms with Crippen LogP contribution in [0.4, 0.5) is 0 Å². The van der Waals surface area contributed by atoms with Gasteiger partial charge in [-0.1, -0.05) is 174 Å². The molecular weight excluding hydrogens is 482 g/mol. The number of carbonyl (C=O) groups is 1. The molecule has 4 nitrogen and oxygen atoms in total. The molecule has 39 heavy (non-hydrogen) atoms. The Kier molecular flexibility index (Phi) is 33.1. The molecule has 0 spiro atoms. The van der Waals surface area contributed by atoms with Crippen LogP contribution >= 0.6 is 0 Å². The lowest BCUT2D eigenvalue weighted by Gasteiger charge is -2.16. The van der Waals surface area contributed by atoms with Crippen molar-refractivity contribution in [1.29, 1.82) is 0 Å². The van der Waals surface area contributed by atoms with E-state index < -0.39 is 0 Å². The number of rotatable bonds is 33. The molecule has 0 radical (unpaired) electrons. The number of ether oxygens (including phenoxy) is 1. The van der Waals surface area contributed by atoms with Crippen molar-refractivity contribution in [1.82, 2.24) is 5.32 Å². The molecule has 0 rings (SSSR count). The Bertz CT molecular complexity index is 471. The number of aliphatic hydroxyl groups is 1. The van der Waals surface area contributed by atoms with Gasteiger partial charge in [0.1, 0.15) is 0 Å². The van der Waals surface area contributed by atoms with Crippen LogP contribution in [-0.4, -0.2) is 36.9 Å². The molecule has 0 heterocycles. The second-order valence-electron chi connectivity index (χ2n) is 12.1. The van der Waals surface area contributed by atoms with E-state index in [0.29, 0.717) is 13.0 Å². The SMILES string of the molecule is CCCCCCCCCCCCCCCCOCC(CO)NC(=O)CCCCCCCCCCCCCCC. The van der Waals surface area contributed by atoms with E-state index in [4.69, 9.17) is 4.74 Å². The average Bonchev–Trinajstić information content (AvgIpc) is 2.94. The first-order valence-electron chi connectivity index (χ1n) is 17.7. The van der Waals surface area contributed by atoms with Crippen LogP contribution in [0.3, 0.4) is 0 Å². The third-order valence-corrected chi connectivity index (χ3v) is 8.05. The Balaban J connectivity index is 3.39. The standard InChI is InChI=1S/C35H71NO3/c1-3-5-7-9-11-13-15-17-19-21-23-25-27-29-31-39-33-34(32-37)36-35(38)30-28-26-24-22-20-18-16-14-12-10-8-6-4-2/h34,37H,3-33H2,1-2H3,(H,36,38). The summed E-state index contributed by atoms with van der Waals surface area (Å²) in [5.41, 5.74) is 0. The van der Waals surface area contributed by atoms with E-state index in [2.05, 4.69) is 19.2 Å². The van der Waals surface area contributed by atoms with Gasteiger partial charge in [-0.15, -0.1) is 0 Å². The highest BCUT2D eigenvalue weighted by Crippen LogP contribution is 2.14. The maximum Gasteiger partial charge on any atom is 0.220 e. The lowest BCUT2D eigenvalue weighted by atomic mass is 10.0. The van der Waals surface area contributed by atoms with Crippen molar-refractivity contribution in [3.8, 4) is 0 Å². The summed E-state index contributed by atoms with van der Waals surface area (Å²) in [7, 11) is 0. The second-order valence-corrected chi connectivity index (χ2v) is 12.1. The molecule has 0 bridgehead atoms. The highest BCUT2D eigenvalue weighted by atomic mass is 16.5. The van der Waals surface area contributed by atoms with E-state index >= 15 is 0 Å². The Morgan fingerprint density at radius 1 is 0.538 bits per heavy atom. The summed E-state index contributed by atoms with van der Waals surface area (Å²) in [5, 5.41) is 12.5. The Labute approximate surface area is 245 Å². The van der Waals surface area contributed by atoms with Gasteiger partial charge in [0.25, 0.3) is 0 Å². The zero-order valence-electron chi connectivity index (χ0n) is 26.8. The van der Waals surface area contributed by atoms with Crippen LogP contribution in [0.25, 0.3) is 0 Å². The van der Waals surface area contributed by atoms with Crippen LogP contribution in [0, 0.1) is 0 Å². The maximum atomic E-state index is 12.2. The molecule has 1 unspecified atom stereocenters. The summed E-state index contributed by atoms with van der Waals surface area (Å²) < 4.78 is 5.74. The molecule has 0 aromatic carbocycles. The summed E-state index contributed by atoms with van der Waals surface area (Å²) in [6, 6.07) is -0.272. The lowest BCUT2D eigenvalue weighted by molar-refractivity contribution is -0.122. The molecule has 0 aromatic rings. The minimum Gasteiger partial charge on any atom is -0.394 e. The fourth-order valence-corrected chi connectivity index (χ4v) is 5.37. The van der Waals surface area contributed by atoms with E-state index in [-0.39, 0.29) is 18.6 Å². The number of aliphatic hydroxyl groups excluding tert-OH is 1. The first-order chi connectivity index (χ1) is 19.2. The Morgan fingerprint density at radius 2 is 0.872 bits per heavy atom. The quantitative estimate of drug-likeness (QED) is 0.0795. The van der Waals surface area contributed by atoms with E-state index in [9.17, 15) is 9.90 Å². The molecule has 0 aliphatic heterocycles. The molecule has 0 fully saturated rings. The van der Waals surface area contributed by atoms with Gasteiger partial charge in [-0.25, -0.2) is 0 Å². The van der Waals surface area contributed by atoms with Gasteiger partial charge in [-0.2, -0.15) is 0 Å². The van der Waals surface area contributed by atoms with E-state index in [1.54, 1.807) is 0 Å².